The largest absolute Gasteiger partial charge is 0.332 e. The second-order valence-electron chi connectivity index (χ2n) is 3.08. The Morgan fingerprint density at radius 3 is 3.00 bits per heavy atom. The quantitative estimate of drug-likeness (QED) is 0.681. The number of nitriles is 1. The smallest absolute Gasteiger partial charge is 0.254 e. The van der Waals surface area contributed by atoms with Gasteiger partial charge in [0.2, 0.25) is 6.23 Å². The maximum atomic E-state index is 12.9. The summed E-state index contributed by atoms with van der Waals surface area (Å²) in [4.78, 5) is 14.1. The molecule has 1 N–H and O–H groups in total. The van der Waals surface area contributed by atoms with Gasteiger partial charge in [0.05, 0.1) is 0 Å². The number of nitrogens with zero attached hydrogens (tertiary/aromatic N) is 1. The van der Waals surface area contributed by atoms with E-state index in [2.05, 4.69) is 32.0 Å². The normalized spacial score (nSPS) is 10.7. The molecule has 0 radical (unpaired) electrons. The first-order chi connectivity index (χ1) is 8.67. The van der Waals surface area contributed by atoms with Crippen LogP contribution in [0.1, 0.15) is 10.4 Å². The summed E-state index contributed by atoms with van der Waals surface area (Å²) in [6.45, 7) is -0.00704. The number of nitrogens with one attached hydrogen (secondary N) is 1. The number of rotatable bonds is 4. The van der Waals surface area contributed by atoms with Crippen LogP contribution in [0.2, 0.25) is 0 Å². The molecule has 92 valence electrons. The fraction of sp³-hybridized carbons (Fsp3) is 0.167. The minimum absolute atomic E-state index is 0.00704. The van der Waals surface area contributed by atoms with Crippen LogP contribution in [0.25, 0.3) is 0 Å². The summed E-state index contributed by atoms with van der Waals surface area (Å²) in [6.07, 6.45) is -1.13. The van der Waals surface area contributed by atoms with E-state index in [9.17, 15) is 9.18 Å². The summed E-state index contributed by atoms with van der Waals surface area (Å²) in [7, 11) is 0. The summed E-state index contributed by atoms with van der Waals surface area (Å²) >= 11 is 2.86. The van der Waals surface area contributed by atoms with E-state index in [0.717, 1.165) is 6.07 Å². The molecule has 0 aliphatic carbocycles. The van der Waals surface area contributed by atoms with Crippen molar-refractivity contribution in [2.75, 3.05) is 6.61 Å². The molecule has 0 aliphatic rings. The van der Waals surface area contributed by atoms with Gasteiger partial charge >= 0.3 is 0 Å². The molecule has 0 saturated heterocycles. The standard InChI is InChI=1S/C12H8BrFN2O2/c13-5-2-6-18-11(8-15)16-12(17)9-3-1-4-10(14)7-9/h1,3-4,7,11H,6H2,(H,16,17). The van der Waals surface area contributed by atoms with Gasteiger partial charge in [0.15, 0.2) is 0 Å². The fourth-order valence-corrected chi connectivity index (χ4v) is 1.21. The molecule has 0 saturated carbocycles. The third kappa shape index (κ3) is 4.54. The molecule has 1 unspecified atom stereocenters. The number of hydrogen-bond acceptors (Lipinski definition) is 3. The average Bonchev–Trinajstić information content (AvgIpc) is 2.37. The van der Waals surface area contributed by atoms with E-state index in [4.69, 9.17) is 10.00 Å². The Hall–Kier alpha value is -1.89. The lowest BCUT2D eigenvalue weighted by atomic mass is 10.2. The number of hydrogen-bond donors (Lipinski definition) is 1. The van der Waals surface area contributed by atoms with Gasteiger partial charge in [-0.3, -0.25) is 4.79 Å². The van der Waals surface area contributed by atoms with Gasteiger partial charge in [0, 0.05) is 21.5 Å². The number of benzene rings is 1. The molecular weight excluding hydrogens is 303 g/mol. The predicted octanol–water partition coefficient (Wildman–Crippen LogP) is 1.78. The summed E-state index contributed by atoms with van der Waals surface area (Å²) in [6, 6.07) is 6.88. The van der Waals surface area contributed by atoms with Gasteiger partial charge < -0.3 is 10.1 Å². The van der Waals surface area contributed by atoms with Gasteiger partial charge in [0.25, 0.3) is 5.91 Å². The van der Waals surface area contributed by atoms with Crippen molar-refractivity contribution in [3.8, 4) is 16.8 Å². The third-order valence-electron chi connectivity index (χ3n) is 1.86. The van der Waals surface area contributed by atoms with Crippen molar-refractivity contribution in [1.29, 1.82) is 5.26 Å². The zero-order valence-corrected chi connectivity index (χ0v) is 10.7. The van der Waals surface area contributed by atoms with Crippen LogP contribution in [-0.4, -0.2) is 18.7 Å². The zero-order chi connectivity index (χ0) is 13.4. The maximum absolute atomic E-state index is 12.9. The third-order valence-corrected chi connectivity index (χ3v) is 2.14. The average molecular weight is 311 g/mol. The van der Waals surface area contributed by atoms with E-state index in [-0.39, 0.29) is 12.2 Å². The predicted molar refractivity (Wildman–Crippen MR) is 65.9 cm³/mol. The molecule has 0 spiro atoms. The molecule has 1 aromatic rings. The van der Waals surface area contributed by atoms with Crippen molar-refractivity contribution in [2.24, 2.45) is 0 Å². The highest BCUT2D eigenvalue weighted by molar-refractivity contribution is 9.12. The molecule has 4 nitrogen and oxygen atoms in total. The Morgan fingerprint density at radius 1 is 1.61 bits per heavy atom. The second kappa shape index (κ2) is 7.44. The minimum atomic E-state index is -1.13. The summed E-state index contributed by atoms with van der Waals surface area (Å²) in [5.74, 6) is 1.40. The topological polar surface area (TPSA) is 62.1 Å². The first kappa shape index (κ1) is 14.2. The van der Waals surface area contributed by atoms with E-state index in [1.54, 1.807) is 6.07 Å². The number of ether oxygens (including phenoxy) is 1. The highest BCUT2D eigenvalue weighted by Gasteiger charge is 2.13. The van der Waals surface area contributed by atoms with Crippen LogP contribution >= 0.6 is 15.9 Å². The molecular formula is C12H8BrFN2O2. The number of carbonyl (C=O) groups excluding carboxylic acids is 1. The van der Waals surface area contributed by atoms with E-state index >= 15 is 0 Å². The molecule has 1 rings (SSSR count). The number of halogens is 2. The molecule has 0 heterocycles. The Bertz CT molecular complexity index is 531. The first-order valence-electron chi connectivity index (χ1n) is 4.83. The van der Waals surface area contributed by atoms with Crippen molar-refractivity contribution < 1.29 is 13.9 Å². The lowest BCUT2D eigenvalue weighted by Crippen LogP contribution is -2.36. The molecule has 0 bridgehead atoms. The van der Waals surface area contributed by atoms with Crippen LogP contribution in [0.3, 0.4) is 0 Å². The van der Waals surface area contributed by atoms with Crippen molar-refractivity contribution in [2.45, 2.75) is 6.23 Å². The monoisotopic (exact) mass is 310 g/mol. The fourth-order valence-electron chi connectivity index (χ4n) is 1.10. The van der Waals surface area contributed by atoms with E-state index < -0.39 is 18.0 Å². The highest BCUT2D eigenvalue weighted by atomic mass is 79.9. The number of amides is 1. The van der Waals surface area contributed by atoms with Gasteiger partial charge in [-0.1, -0.05) is 12.0 Å². The lowest BCUT2D eigenvalue weighted by molar-refractivity contribution is 0.0684. The molecule has 0 aromatic heterocycles. The van der Waals surface area contributed by atoms with Gasteiger partial charge in [-0.25, -0.2) is 4.39 Å². The molecule has 0 aliphatic heterocycles. The van der Waals surface area contributed by atoms with E-state index in [1.165, 1.54) is 18.2 Å². The Morgan fingerprint density at radius 2 is 2.39 bits per heavy atom. The molecule has 1 amide bonds. The van der Waals surface area contributed by atoms with Crippen LogP contribution in [-0.2, 0) is 4.74 Å². The molecule has 1 aromatic carbocycles. The molecule has 6 heteroatoms. The SMILES string of the molecule is N#CC(NC(=O)c1cccc(F)c1)OCC#CBr. The van der Waals surface area contributed by atoms with Crippen LogP contribution in [0, 0.1) is 27.9 Å². The van der Waals surface area contributed by atoms with Crippen LogP contribution < -0.4 is 5.32 Å². The summed E-state index contributed by atoms with van der Waals surface area (Å²) < 4.78 is 17.9. The van der Waals surface area contributed by atoms with Crippen molar-refractivity contribution in [3.05, 3.63) is 35.6 Å². The lowest BCUT2D eigenvalue weighted by Gasteiger charge is -2.10. The van der Waals surface area contributed by atoms with Crippen molar-refractivity contribution in [1.82, 2.24) is 5.32 Å². The van der Waals surface area contributed by atoms with E-state index in [0.29, 0.717) is 0 Å². The van der Waals surface area contributed by atoms with Crippen molar-refractivity contribution in [3.63, 3.8) is 0 Å². The van der Waals surface area contributed by atoms with Gasteiger partial charge in [-0.15, -0.1) is 0 Å². The van der Waals surface area contributed by atoms with Crippen molar-refractivity contribution >= 4 is 21.8 Å². The summed E-state index contributed by atoms with van der Waals surface area (Å²) in [5, 5.41) is 11.0. The van der Waals surface area contributed by atoms with Gasteiger partial charge in [0.1, 0.15) is 18.5 Å². The molecule has 0 fully saturated rings. The van der Waals surface area contributed by atoms with Gasteiger partial charge in [-0.05, 0) is 23.0 Å². The minimum Gasteiger partial charge on any atom is -0.332 e. The Balaban J connectivity index is 2.62. The van der Waals surface area contributed by atoms with Crippen LogP contribution in [0.4, 0.5) is 4.39 Å². The van der Waals surface area contributed by atoms with E-state index in [1.807, 2.05) is 0 Å². The number of carbonyl (C=O) groups is 1. The van der Waals surface area contributed by atoms with Crippen LogP contribution in [0.5, 0.6) is 0 Å². The second-order valence-corrected chi connectivity index (χ2v) is 3.47. The van der Waals surface area contributed by atoms with Crippen LogP contribution in [0.15, 0.2) is 24.3 Å². The molecule has 1 atom stereocenters. The maximum Gasteiger partial charge on any atom is 0.254 e. The Labute approximate surface area is 112 Å². The highest BCUT2D eigenvalue weighted by Crippen LogP contribution is 2.03. The summed E-state index contributed by atoms with van der Waals surface area (Å²) in [5.41, 5.74) is 0.116. The zero-order valence-electron chi connectivity index (χ0n) is 9.11. The molecule has 18 heavy (non-hydrogen) atoms. The first-order valence-corrected chi connectivity index (χ1v) is 5.63. The Kier molecular flexibility index (Phi) is 5.86. The van der Waals surface area contributed by atoms with Gasteiger partial charge in [-0.2, -0.15) is 5.26 Å².